The monoisotopic (exact) mass is 484 g/mol. The number of hydrogen-bond acceptors (Lipinski definition) is 6. The summed E-state index contributed by atoms with van der Waals surface area (Å²) < 4.78 is 5.94. The minimum atomic E-state index is -0.0524. The van der Waals surface area contributed by atoms with Gasteiger partial charge in [0.1, 0.15) is 10.9 Å². The molecule has 1 N–H and O–H groups in total. The normalized spacial score (nSPS) is 14.8. The number of halogens is 1. The third-order valence-corrected chi connectivity index (χ3v) is 6.72. The first-order valence-corrected chi connectivity index (χ1v) is 12.4. The van der Waals surface area contributed by atoms with E-state index in [0.29, 0.717) is 18.2 Å². The van der Waals surface area contributed by atoms with Crippen molar-refractivity contribution in [3.8, 4) is 16.9 Å². The molecule has 1 amide bonds. The van der Waals surface area contributed by atoms with E-state index in [1.165, 1.54) is 11.3 Å². The van der Waals surface area contributed by atoms with Crippen LogP contribution in [0.4, 0.5) is 5.00 Å². The lowest BCUT2D eigenvalue weighted by molar-refractivity contribution is -0.115. The molecule has 0 atom stereocenters. The molecule has 2 aromatic heterocycles. The number of aromatic nitrogens is 1. The molecule has 0 bridgehead atoms. The molecule has 4 rings (SSSR count). The summed E-state index contributed by atoms with van der Waals surface area (Å²) in [5.74, 6) is 0.759. The Hall–Kier alpha value is -2.45. The van der Waals surface area contributed by atoms with E-state index in [4.69, 9.17) is 16.3 Å². The Morgan fingerprint density at radius 1 is 1.15 bits per heavy atom. The second-order valence-corrected chi connectivity index (χ2v) is 9.58. The van der Waals surface area contributed by atoms with Crippen LogP contribution in [-0.2, 0) is 11.2 Å². The predicted octanol–water partition coefficient (Wildman–Crippen LogP) is 4.66. The van der Waals surface area contributed by atoms with Crippen LogP contribution in [0.15, 0.2) is 54.0 Å². The molecule has 33 heavy (non-hydrogen) atoms. The first-order valence-electron chi connectivity index (χ1n) is 11.2. The fraction of sp³-hybridized carbons (Fsp3) is 0.360. The number of likely N-dealkylation sites (N-methyl/N-ethyl adjacent to an activating group) is 1. The molecule has 0 saturated carbocycles. The summed E-state index contributed by atoms with van der Waals surface area (Å²) in [6, 6.07) is 13.5. The number of benzene rings is 1. The minimum Gasteiger partial charge on any atom is -0.494 e. The molecule has 3 heterocycles. The molecule has 3 aromatic rings. The molecule has 6 nitrogen and oxygen atoms in total. The lowest BCUT2D eigenvalue weighted by Gasteiger charge is -2.32. The van der Waals surface area contributed by atoms with Gasteiger partial charge in [0.25, 0.3) is 0 Å². The van der Waals surface area contributed by atoms with E-state index < -0.39 is 0 Å². The van der Waals surface area contributed by atoms with Gasteiger partial charge in [0.15, 0.2) is 0 Å². The van der Waals surface area contributed by atoms with E-state index in [1.54, 1.807) is 6.20 Å². The number of nitrogens with one attached hydrogen (secondary N) is 1. The summed E-state index contributed by atoms with van der Waals surface area (Å²) in [6.07, 6.45) is 2.97. The van der Waals surface area contributed by atoms with E-state index in [2.05, 4.69) is 27.1 Å². The van der Waals surface area contributed by atoms with E-state index in [9.17, 15) is 4.79 Å². The molecule has 0 unspecified atom stereocenters. The Morgan fingerprint density at radius 3 is 2.82 bits per heavy atom. The van der Waals surface area contributed by atoms with Gasteiger partial charge in [0.05, 0.1) is 18.0 Å². The standard InChI is InChI=1S/C25H29ClN4O2S/c1-29-9-11-30(12-10-29)8-3-13-32-22-5-2-4-19(14-22)15-24(31)28-25-17-21(18-33-25)20-6-7-27-23(26)16-20/h2,4-7,14,16-18H,3,8-13,15H2,1H3,(H,28,31). The van der Waals surface area contributed by atoms with Crippen molar-refractivity contribution in [1.29, 1.82) is 0 Å². The number of pyridine rings is 1. The molecule has 0 spiro atoms. The number of nitrogens with zero attached hydrogens (tertiary/aromatic N) is 3. The highest BCUT2D eigenvalue weighted by atomic mass is 35.5. The van der Waals surface area contributed by atoms with Crippen LogP contribution in [0.3, 0.4) is 0 Å². The summed E-state index contributed by atoms with van der Waals surface area (Å²) in [4.78, 5) is 21.4. The van der Waals surface area contributed by atoms with Gasteiger partial charge in [-0.3, -0.25) is 4.79 Å². The average Bonchev–Trinajstić information content (AvgIpc) is 3.26. The van der Waals surface area contributed by atoms with E-state index in [0.717, 1.165) is 66.6 Å². The van der Waals surface area contributed by atoms with Gasteiger partial charge in [-0.15, -0.1) is 11.3 Å². The third-order valence-electron chi connectivity index (χ3n) is 5.67. The van der Waals surface area contributed by atoms with Gasteiger partial charge in [-0.05, 0) is 60.5 Å². The van der Waals surface area contributed by atoms with Gasteiger partial charge in [-0.2, -0.15) is 0 Å². The Labute approximate surface area is 204 Å². The lowest BCUT2D eigenvalue weighted by Crippen LogP contribution is -2.44. The number of carbonyl (C=O) groups excluding carboxylic acids is 1. The molecule has 174 valence electrons. The topological polar surface area (TPSA) is 57.7 Å². The smallest absolute Gasteiger partial charge is 0.229 e. The number of thiophene rings is 1. The van der Waals surface area contributed by atoms with Gasteiger partial charge in [-0.1, -0.05) is 23.7 Å². The Balaban J connectivity index is 1.23. The fourth-order valence-corrected chi connectivity index (χ4v) is 4.80. The van der Waals surface area contributed by atoms with E-state index in [-0.39, 0.29) is 5.91 Å². The second-order valence-electron chi connectivity index (χ2n) is 8.29. The SMILES string of the molecule is CN1CCN(CCCOc2cccc(CC(=O)Nc3cc(-c4ccnc(Cl)c4)cs3)c2)CC1. The van der Waals surface area contributed by atoms with E-state index >= 15 is 0 Å². The van der Waals surface area contributed by atoms with Gasteiger partial charge in [0, 0.05) is 44.3 Å². The molecule has 1 saturated heterocycles. The van der Waals surface area contributed by atoms with Crippen LogP contribution < -0.4 is 10.1 Å². The van der Waals surface area contributed by atoms with Crippen molar-refractivity contribution in [3.05, 3.63) is 64.8 Å². The molecule has 0 radical (unpaired) electrons. The van der Waals surface area contributed by atoms with Gasteiger partial charge >= 0.3 is 0 Å². The summed E-state index contributed by atoms with van der Waals surface area (Å²) in [5.41, 5.74) is 2.91. The highest BCUT2D eigenvalue weighted by Gasteiger charge is 2.13. The molecule has 1 aliphatic rings. The van der Waals surface area contributed by atoms with Crippen LogP contribution in [0.25, 0.3) is 11.1 Å². The molecular weight excluding hydrogens is 456 g/mol. The van der Waals surface area contributed by atoms with Crippen molar-refractivity contribution in [1.82, 2.24) is 14.8 Å². The van der Waals surface area contributed by atoms with Crippen LogP contribution >= 0.6 is 22.9 Å². The number of piperazine rings is 1. The highest BCUT2D eigenvalue weighted by molar-refractivity contribution is 7.14. The van der Waals surface area contributed by atoms with Crippen molar-refractivity contribution < 1.29 is 9.53 Å². The van der Waals surface area contributed by atoms with Crippen LogP contribution in [0.2, 0.25) is 5.15 Å². The maximum Gasteiger partial charge on any atom is 0.229 e. The van der Waals surface area contributed by atoms with Crippen LogP contribution in [0.5, 0.6) is 5.75 Å². The van der Waals surface area contributed by atoms with Crippen molar-refractivity contribution in [2.24, 2.45) is 0 Å². The maximum atomic E-state index is 12.6. The van der Waals surface area contributed by atoms with E-state index in [1.807, 2.05) is 47.8 Å². The number of amides is 1. The largest absolute Gasteiger partial charge is 0.494 e. The summed E-state index contributed by atoms with van der Waals surface area (Å²) in [5, 5.41) is 6.24. The molecule has 1 fully saturated rings. The first kappa shape index (κ1) is 23.7. The molecule has 1 aliphatic heterocycles. The third kappa shape index (κ3) is 7.27. The molecular formula is C25H29ClN4O2S. The lowest BCUT2D eigenvalue weighted by atomic mass is 10.1. The summed E-state index contributed by atoms with van der Waals surface area (Å²) in [7, 11) is 2.17. The van der Waals surface area contributed by atoms with Crippen LogP contribution in [0, 0.1) is 0 Å². The summed E-state index contributed by atoms with van der Waals surface area (Å²) >= 11 is 7.47. The van der Waals surface area contributed by atoms with Crippen molar-refractivity contribution >= 4 is 33.8 Å². The predicted molar refractivity (Wildman–Crippen MR) is 135 cm³/mol. The Bertz CT molecular complexity index is 1070. The van der Waals surface area contributed by atoms with Crippen LogP contribution in [-0.4, -0.2) is 67.1 Å². The maximum absolute atomic E-state index is 12.6. The molecule has 8 heteroatoms. The van der Waals surface area contributed by atoms with Crippen molar-refractivity contribution in [3.63, 3.8) is 0 Å². The molecule has 0 aliphatic carbocycles. The highest BCUT2D eigenvalue weighted by Crippen LogP contribution is 2.30. The zero-order valence-electron chi connectivity index (χ0n) is 18.8. The van der Waals surface area contributed by atoms with Crippen LogP contribution in [0.1, 0.15) is 12.0 Å². The quantitative estimate of drug-likeness (QED) is 0.353. The number of anilines is 1. The Kier molecular flexibility index (Phi) is 8.34. The van der Waals surface area contributed by atoms with Crippen molar-refractivity contribution in [2.45, 2.75) is 12.8 Å². The minimum absolute atomic E-state index is 0.0524. The number of hydrogen-bond donors (Lipinski definition) is 1. The zero-order valence-corrected chi connectivity index (χ0v) is 20.4. The average molecular weight is 485 g/mol. The Morgan fingerprint density at radius 2 is 2.00 bits per heavy atom. The summed E-state index contributed by atoms with van der Waals surface area (Å²) in [6.45, 7) is 6.27. The van der Waals surface area contributed by atoms with Crippen molar-refractivity contribution in [2.75, 3.05) is 51.7 Å². The number of rotatable bonds is 9. The molecule has 1 aromatic carbocycles. The van der Waals surface area contributed by atoms with Gasteiger partial charge < -0.3 is 19.9 Å². The zero-order chi connectivity index (χ0) is 23.0. The fourth-order valence-electron chi connectivity index (χ4n) is 3.80. The van der Waals surface area contributed by atoms with Gasteiger partial charge in [0.2, 0.25) is 5.91 Å². The van der Waals surface area contributed by atoms with Gasteiger partial charge in [-0.25, -0.2) is 4.98 Å². The number of ether oxygens (including phenoxy) is 1. The number of carbonyl (C=O) groups is 1. The first-order chi connectivity index (χ1) is 16.0. The second kappa shape index (κ2) is 11.6.